The Labute approximate surface area is 294 Å². The Balaban J connectivity index is 2.46. The molecule has 0 spiro atoms. The van der Waals surface area contributed by atoms with Crippen LogP contribution in [0.3, 0.4) is 0 Å². The van der Waals surface area contributed by atoms with Gasteiger partial charge in [-0.2, -0.15) is 0 Å². The van der Waals surface area contributed by atoms with E-state index in [1.54, 1.807) is 0 Å². The van der Waals surface area contributed by atoms with E-state index in [0.29, 0.717) is 23.2 Å². The number of phenolic OH excluding ortho intramolecular Hbond substituents is 3. The molecule has 3 heteroatoms. The Morgan fingerprint density at radius 2 is 0.896 bits per heavy atom. The molecule has 0 aromatic heterocycles. The molecule has 48 heavy (non-hydrogen) atoms. The summed E-state index contributed by atoms with van der Waals surface area (Å²) in [6.07, 6.45) is 6.49. The second kappa shape index (κ2) is 14.5. The van der Waals surface area contributed by atoms with Gasteiger partial charge in [-0.1, -0.05) is 127 Å². The van der Waals surface area contributed by atoms with Gasteiger partial charge in [0, 0.05) is 5.41 Å². The first-order valence-electron chi connectivity index (χ1n) is 18.4. The third kappa shape index (κ3) is 8.80. The number of unbranched alkanes of at least 4 members (excludes halogenated alkanes) is 2. The minimum absolute atomic E-state index is 0.167. The number of hydrogen-bond donors (Lipinski definition) is 3. The molecule has 3 rings (SSSR count). The van der Waals surface area contributed by atoms with E-state index in [4.69, 9.17) is 0 Å². The lowest BCUT2D eigenvalue weighted by atomic mass is 9.62. The molecule has 3 aromatic carbocycles. The second-order valence-electron chi connectivity index (χ2n) is 18.5. The lowest BCUT2D eigenvalue weighted by molar-refractivity contribution is 0.373. The highest BCUT2D eigenvalue weighted by Gasteiger charge is 2.41. The van der Waals surface area contributed by atoms with E-state index in [1.807, 2.05) is 18.2 Å². The van der Waals surface area contributed by atoms with Crippen LogP contribution in [0, 0.1) is 26.7 Å². The quantitative estimate of drug-likeness (QED) is 0.180. The van der Waals surface area contributed by atoms with Crippen LogP contribution >= 0.6 is 0 Å². The van der Waals surface area contributed by atoms with Gasteiger partial charge in [0.25, 0.3) is 0 Å². The lowest BCUT2D eigenvalue weighted by Gasteiger charge is -2.42. The summed E-state index contributed by atoms with van der Waals surface area (Å²) in [4.78, 5) is 0. The van der Waals surface area contributed by atoms with Gasteiger partial charge in [-0.25, -0.2) is 0 Å². The fraction of sp³-hybridized carbons (Fsp3) is 0.600. The van der Waals surface area contributed by atoms with Gasteiger partial charge in [0.1, 0.15) is 17.2 Å². The Hall–Kier alpha value is -2.94. The van der Waals surface area contributed by atoms with E-state index in [1.165, 1.54) is 29.5 Å². The smallest absolute Gasteiger partial charge is 0.119 e. The maximum absolute atomic E-state index is 11.3. The largest absolute Gasteiger partial charge is 0.508 e. The molecule has 0 saturated heterocycles. The van der Waals surface area contributed by atoms with Gasteiger partial charge in [0.15, 0.2) is 0 Å². The van der Waals surface area contributed by atoms with Crippen LogP contribution in [0.1, 0.15) is 178 Å². The average Bonchev–Trinajstić information content (AvgIpc) is 2.90. The third-order valence-corrected chi connectivity index (χ3v) is 10.6. The third-order valence-electron chi connectivity index (χ3n) is 10.6. The fourth-order valence-electron chi connectivity index (χ4n) is 7.98. The summed E-state index contributed by atoms with van der Waals surface area (Å²) in [5.74, 6) is 1.92. The molecule has 0 radical (unpaired) electrons. The first-order chi connectivity index (χ1) is 21.9. The van der Waals surface area contributed by atoms with Crippen molar-refractivity contribution in [2.75, 3.05) is 0 Å². The Morgan fingerprint density at radius 3 is 1.29 bits per heavy atom. The Morgan fingerprint density at radius 1 is 0.500 bits per heavy atom. The topological polar surface area (TPSA) is 60.7 Å². The van der Waals surface area contributed by atoms with Gasteiger partial charge in [0.05, 0.1) is 0 Å². The van der Waals surface area contributed by atoms with Crippen LogP contribution < -0.4 is 0 Å². The molecule has 0 saturated carbocycles. The molecule has 3 nitrogen and oxygen atoms in total. The van der Waals surface area contributed by atoms with Crippen molar-refractivity contribution in [1.82, 2.24) is 0 Å². The van der Waals surface area contributed by atoms with E-state index < -0.39 is 0 Å². The molecule has 0 fully saturated rings. The molecule has 0 aliphatic carbocycles. The summed E-state index contributed by atoms with van der Waals surface area (Å²) >= 11 is 0. The zero-order chi connectivity index (χ0) is 36.6. The minimum atomic E-state index is -0.390. The molecule has 0 aliphatic heterocycles. The van der Waals surface area contributed by atoms with Crippen LogP contribution in [-0.4, -0.2) is 15.3 Å². The van der Waals surface area contributed by atoms with Crippen molar-refractivity contribution < 1.29 is 15.3 Å². The number of benzene rings is 3. The van der Waals surface area contributed by atoms with Gasteiger partial charge >= 0.3 is 0 Å². The summed E-state index contributed by atoms with van der Waals surface area (Å²) in [5, 5.41) is 33.6. The Bertz CT molecular complexity index is 1500. The molecule has 0 heterocycles. The van der Waals surface area contributed by atoms with Crippen LogP contribution in [0.5, 0.6) is 17.2 Å². The summed E-state index contributed by atoms with van der Waals surface area (Å²) < 4.78 is 0. The maximum Gasteiger partial charge on any atom is 0.119 e. The first-order valence-corrected chi connectivity index (χ1v) is 18.4. The fourth-order valence-corrected chi connectivity index (χ4v) is 7.98. The van der Waals surface area contributed by atoms with Crippen molar-refractivity contribution in [2.24, 2.45) is 5.92 Å². The van der Waals surface area contributed by atoms with Gasteiger partial charge < -0.3 is 15.3 Å². The van der Waals surface area contributed by atoms with E-state index in [9.17, 15) is 15.3 Å². The van der Waals surface area contributed by atoms with Crippen molar-refractivity contribution in [3.8, 4) is 17.2 Å². The predicted octanol–water partition coefficient (Wildman–Crippen LogP) is 12.7. The van der Waals surface area contributed by atoms with Crippen molar-refractivity contribution in [3.05, 3.63) is 86.5 Å². The van der Waals surface area contributed by atoms with Crippen LogP contribution in [0.4, 0.5) is 0 Å². The molecule has 3 aromatic rings. The number of aromatic hydroxyl groups is 3. The highest BCUT2D eigenvalue weighted by atomic mass is 16.3. The molecule has 0 aliphatic rings. The predicted molar refractivity (Wildman–Crippen MR) is 206 cm³/mol. The maximum atomic E-state index is 11.3. The van der Waals surface area contributed by atoms with Crippen molar-refractivity contribution in [1.29, 1.82) is 0 Å². The van der Waals surface area contributed by atoms with Gasteiger partial charge in [-0.15, -0.1) is 0 Å². The number of aryl methyl sites for hydroxylation is 3. The Kier molecular flexibility index (Phi) is 11.9. The summed E-state index contributed by atoms with van der Waals surface area (Å²) in [6, 6.07) is 12.8. The summed E-state index contributed by atoms with van der Waals surface area (Å²) in [7, 11) is 0. The lowest BCUT2D eigenvalue weighted by Crippen LogP contribution is -2.33. The van der Waals surface area contributed by atoms with Gasteiger partial charge in [0.2, 0.25) is 0 Å². The molecular formula is C45H68O3. The normalized spacial score (nSPS) is 13.8. The van der Waals surface area contributed by atoms with Crippen LogP contribution in [0.2, 0.25) is 0 Å². The molecule has 1 unspecified atom stereocenters. The first kappa shape index (κ1) is 39.5. The number of hydrogen-bond acceptors (Lipinski definition) is 3. The van der Waals surface area contributed by atoms with Gasteiger partial charge in [-0.3, -0.25) is 0 Å². The van der Waals surface area contributed by atoms with E-state index >= 15 is 0 Å². The van der Waals surface area contributed by atoms with Crippen molar-refractivity contribution in [2.45, 2.75) is 170 Å². The van der Waals surface area contributed by atoms with E-state index in [2.05, 4.69) is 122 Å². The molecule has 3 N–H and O–H groups in total. The molecule has 1 atom stereocenters. The van der Waals surface area contributed by atoms with E-state index in [0.717, 1.165) is 59.1 Å². The van der Waals surface area contributed by atoms with Crippen LogP contribution in [0.15, 0.2) is 36.4 Å². The minimum Gasteiger partial charge on any atom is -0.508 e. The SMILES string of the molecule is Cc1cc(O)c(C(C)(C)C)cc1C(C)CC(CCCCCC(C)C)(c1cc(C(C)(C)C)c(O)cc1C)c1cc(C(C)(C)C)c(O)cc1C. The zero-order valence-corrected chi connectivity index (χ0v) is 33.2. The summed E-state index contributed by atoms with van der Waals surface area (Å²) in [5.41, 5.74) is 8.93. The second-order valence-corrected chi connectivity index (χ2v) is 18.5. The van der Waals surface area contributed by atoms with Gasteiger partial charge in [-0.05, 0) is 130 Å². The number of phenols is 3. The monoisotopic (exact) mass is 657 g/mol. The van der Waals surface area contributed by atoms with Crippen LogP contribution in [0.25, 0.3) is 0 Å². The highest BCUT2D eigenvalue weighted by molar-refractivity contribution is 5.56. The average molecular weight is 657 g/mol. The zero-order valence-electron chi connectivity index (χ0n) is 33.2. The molecule has 266 valence electrons. The molecule has 0 bridgehead atoms. The van der Waals surface area contributed by atoms with Crippen LogP contribution in [-0.2, 0) is 21.7 Å². The molecule has 0 amide bonds. The van der Waals surface area contributed by atoms with Crippen molar-refractivity contribution in [3.63, 3.8) is 0 Å². The van der Waals surface area contributed by atoms with E-state index in [-0.39, 0.29) is 27.6 Å². The molecular weight excluding hydrogens is 588 g/mol. The van der Waals surface area contributed by atoms with Crippen molar-refractivity contribution >= 4 is 0 Å². The standard InChI is InChI=1S/C45H68O3/c1-28(2)19-17-16-18-20-45(34-25-37(43(10,11)12)40(47)22-30(34)4,35-26-38(44(13,14)15)41(48)23-31(35)5)27-32(6)33-24-36(42(7,8)9)39(46)21-29(33)3/h21-26,28,32,46-48H,16-20,27H2,1-15H3. The number of rotatable bonds is 11. The highest BCUT2D eigenvalue weighted by Crippen LogP contribution is 2.51. The summed E-state index contributed by atoms with van der Waals surface area (Å²) in [6.45, 7) is 32.9.